The molecule has 0 aliphatic heterocycles. The van der Waals surface area contributed by atoms with Crippen LogP contribution in [0.25, 0.3) is 16.7 Å². The summed E-state index contributed by atoms with van der Waals surface area (Å²) in [6.45, 7) is 1.85. The average molecular weight is 360 g/mol. The maximum atomic E-state index is 6.34. The lowest BCUT2D eigenvalue weighted by Gasteiger charge is -2.13. The zero-order valence-electron chi connectivity index (χ0n) is 10.9. The first-order chi connectivity index (χ1) is 9.99. The van der Waals surface area contributed by atoms with Gasteiger partial charge in [-0.1, -0.05) is 40.9 Å². The number of nitrogens with zero attached hydrogens (tertiary/aromatic N) is 2. The van der Waals surface area contributed by atoms with Gasteiger partial charge in [-0.2, -0.15) is 0 Å². The van der Waals surface area contributed by atoms with Crippen LogP contribution in [0.5, 0.6) is 0 Å². The predicted molar refractivity (Wildman–Crippen MR) is 90.4 cm³/mol. The standard InChI is InChI=1S/C15H10Cl4N2/c1-8(16)15-20-12-4-2-3-11(19)14(12)21(15)13-7-9(17)5-6-10(13)18/h2-8H,1H3. The van der Waals surface area contributed by atoms with Gasteiger partial charge in [-0.15, -0.1) is 11.6 Å². The van der Waals surface area contributed by atoms with Crippen LogP contribution in [0.2, 0.25) is 15.1 Å². The largest absolute Gasteiger partial charge is 0.292 e. The molecule has 0 aliphatic rings. The third-order valence-electron chi connectivity index (χ3n) is 3.16. The lowest BCUT2D eigenvalue weighted by molar-refractivity contribution is 0.883. The monoisotopic (exact) mass is 358 g/mol. The van der Waals surface area contributed by atoms with Crippen molar-refractivity contribution in [1.82, 2.24) is 9.55 Å². The normalized spacial score (nSPS) is 12.8. The first-order valence-electron chi connectivity index (χ1n) is 6.25. The minimum atomic E-state index is -0.302. The van der Waals surface area contributed by atoms with Gasteiger partial charge in [0.15, 0.2) is 0 Å². The van der Waals surface area contributed by atoms with E-state index in [4.69, 9.17) is 46.4 Å². The summed E-state index contributed by atoms with van der Waals surface area (Å²) in [6, 6.07) is 10.8. The van der Waals surface area contributed by atoms with Crippen LogP contribution < -0.4 is 0 Å². The van der Waals surface area contributed by atoms with Crippen LogP contribution in [0, 0.1) is 0 Å². The zero-order chi connectivity index (χ0) is 15.1. The molecule has 2 nitrogen and oxygen atoms in total. The number of benzene rings is 2. The summed E-state index contributed by atoms with van der Waals surface area (Å²) in [4.78, 5) is 4.57. The Hall–Kier alpha value is -0.930. The molecule has 0 saturated carbocycles. The summed E-state index contributed by atoms with van der Waals surface area (Å²) < 4.78 is 1.86. The van der Waals surface area contributed by atoms with Crippen molar-refractivity contribution in [1.29, 1.82) is 0 Å². The molecule has 1 unspecified atom stereocenters. The van der Waals surface area contributed by atoms with Crippen LogP contribution in [0.3, 0.4) is 0 Å². The number of rotatable bonds is 2. The van der Waals surface area contributed by atoms with Crippen LogP contribution in [-0.4, -0.2) is 9.55 Å². The van der Waals surface area contributed by atoms with Gasteiger partial charge in [-0.05, 0) is 37.3 Å². The van der Waals surface area contributed by atoms with Crippen LogP contribution in [-0.2, 0) is 0 Å². The van der Waals surface area contributed by atoms with E-state index >= 15 is 0 Å². The van der Waals surface area contributed by atoms with Crippen LogP contribution in [0.15, 0.2) is 36.4 Å². The summed E-state index contributed by atoms with van der Waals surface area (Å²) >= 11 is 25.0. The Labute approximate surface area is 142 Å². The number of halogens is 4. The number of hydrogen-bond acceptors (Lipinski definition) is 1. The number of hydrogen-bond donors (Lipinski definition) is 0. The fraction of sp³-hybridized carbons (Fsp3) is 0.133. The maximum Gasteiger partial charge on any atom is 0.132 e. The molecule has 0 bridgehead atoms. The SMILES string of the molecule is CC(Cl)c1nc2cccc(Cl)c2n1-c1cc(Cl)ccc1Cl. The van der Waals surface area contributed by atoms with Gasteiger partial charge < -0.3 is 0 Å². The Morgan fingerprint density at radius 3 is 2.52 bits per heavy atom. The van der Waals surface area contributed by atoms with Crippen molar-refractivity contribution >= 4 is 57.4 Å². The van der Waals surface area contributed by atoms with Crippen LogP contribution in [0.1, 0.15) is 18.1 Å². The Morgan fingerprint density at radius 1 is 1.05 bits per heavy atom. The zero-order valence-corrected chi connectivity index (χ0v) is 14.0. The van der Waals surface area contributed by atoms with E-state index in [-0.39, 0.29) is 5.38 Å². The Kier molecular flexibility index (Phi) is 4.06. The quantitative estimate of drug-likeness (QED) is 0.492. The smallest absolute Gasteiger partial charge is 0.132 e. The van der Waals surface area contributed by atoms with Gasteiger partial charge in [0.05, 0.1) is 32.1 Å². The van der Waals surface area contributed by atoms with E-state index in [9.17, 15) is 0 Å². The molecule has 2 aromatic carbocycles. The fourth-order valence-electron chi connectivity index (χ4n) is 2.27. The van der Waals surface area contributed by atoms with Crippen molar-refractivity contribution in [2.45, 2.75) is 12.3 Å². The highest BCUT2D eigenvalue weighted by Crippen LogP contribution is 2.35. The van der Waals surface area contributed by atoms with E-state index in [2.05, 4.69) is 4.98 Å². The van der Waals surface area contributed by atoms with Gasteiger partial charge in [0.1, 0.15) is 5.82 Å². The molecule has 21 heavy (non-hydrogen) atoms. The van der Waals surface area contributed by atoms with Crippen LogP contribution in [0.4, 0.5) is 0 Å². The Bertz CT molecular complexity index is 824. The van der Waals surface area contributed by atoms with E-state index in [0.717, 1.165) is 11.0 Å². The van der Waals surface area contributed by atoms with Gasteiger partial charge in [-0.3, -0.25) is 4.57 Å². The Morgan fingerprint density at radius 2 is 1.81 bits per heavy atom. The minimum absolute atomic E-state index is 0.302. The van der Waals surface area contributed by atoms with Gasteiger partial charge >= 0.3 is 0 Å². The van der Waals surface area contributed by atoms with Crippen molar-refractivity contribution < 1.29 is 0 Å². The Balaban J connectivity index is 2.44. The molecule has 108 valence electrons. The van der Waals surface area contributed by atoms with Gasteiger partial charge in [0.25, 0.3) is 0 Å². The first-order valence-corrected chi connectivity index (χ1v) is 7.82. The molecule has 0 N–H and O–H groups in total. The molecule has 0 fully saturated rings. The second kappa shape index (κ2) is 5.69. The van der Waals surface area contributed by atoms with Crippen molar-refractivity contribution in [3.05, 3.63) is 57.3 Å². The lowest BCUT2D eigenvalue weighted by atomic mass is 10.2. The topological polar surface area (TPSA) is 17.8 Å². The molecular formula is C15H10Cl4N2. The summed E-state index contributed by atoms with van der Waals surface area (Å²) in [6.07, 6.45) is 0. The molecule has 1 heterocycles. The minimum Gasteiger partial charge on any atom is -0.292 e. The highest BCUT2D eigenvalue weighted by molar-refractivity contribution is 6.36. The summed E-state index contributed by atoms with van der Waals surface area (Å²) in [5, 5.41) is 1.41. The molecule has 6 heteroatoms. The molecule has 0 radical (unpaired) electrons. The van der Waals surface area contributed by atoms with Gasteiger partial charge in [0, 0.05) is 5.02 Å². The second-order valence-electron chi connectivity index (χ2n) is 4.62. The second-order valence-corrected chi connectivity index (χ2v) is 6.53. The molecule has 0 amide bonds. The maximum absolute atomic E-state index is 6.34. The molecule has 0 spiro atoms. The van der Waals surface area contributed by atoms with Gasteiger partial charge in [-0.25, -0.2) is 4.98 Å². The highest BCUT2D eigenvalue weighted by atomic mass is 35.5. The molecule has 1 atom stereocenters. The van der Waals surface area contributed by atoms with E-state index in [1.165, 1.54) is 0 Å². The molecule has 3 aromatic rings. The summed E-state index contributed by atoms with van der Waals surface area (Å²) in [7, 11) is 0. The number of aromatic nitrogens is 2. The van der Waals surface area contributed by atoms with Crippen LogP contribution >= 0.6 is 46.4 Å². The number of imidazole rings is 1. The van der Waals surface area contributed by atoms with Crippen molar-refractivity contribution in [3.63, 3.8) is 0 Å². The average Bonchev–Trinajstić information content (AvgIpc) is 2.82. The van der Waals surface area contributed by atoms with Crippen molar-refractivity contribution in [2.75, 3.05) is 0 Å². The lowest BCUT2D eigenvalue weighted by Crippen LogP contribution is -2.03. The number of para-hydroxylation sites is 1. The van der Waals surface area contributed by atoms with Crippen molar-refractivity contribution in [2.24, 2.45) is 0 Å². The van der Waals surface area contributed by atoms with E-state index in [1.807, 2.05) is 29.7 Å². The molecule has 0 aliphatic carbocycles. The van der Waals surface area contributed by atoms with E-state index in [0.29, 0.717) is 26.6 Å². The molecule has 3 rings (SSSR count). The molecule has 0 saturated heterocycles. The van der Waals surface area contributed by atoms with Crippen molar-refractivity contribution in [3.8, 4) is 5.69 Å². The number of alkyl halides is 1. The predicted octanol–water partition coefficient (Wildman–Crippen LogP) is 6.29. The van der Waals surface area contributed by atoms with E-state index < -0.39 is 0 Å². The highest BCUT2D eigenvalue weighted by Gasteiger charge is 2.20. The summed E-state index contributed by atoms with van der Waals surface area (Å²) in [5.41, 5.74) is 2.24. The molecular weight excluding hydrogens is 350 g/mol. The first kappa shape index (κ1) is 15.0. The van der Waals surface area contributed by atoms with Gasteiger partial charge in [0.2, 0.25) is 0 Å². The fourth-order valence-corrected chi connectivity index (χ4v) is 3.04. The summed E-state index contributed by atoms with van der Waals surface area (Å²) in [5.74, 6) is 0.670. The third-order valence-corrected chi connectivity index (χ3v) is 4.21. The number of fused-ring (bicyclic) bond motifs is 1. The molecule has 1 aromatic heterocycles. The third kappa shape index (κ3) is 2.62. The van der Waals surface area contributed by atoms with E-state index in [1.54, 1.807) is 18.2 Å².